The van der Waals surface area contributed by atoms with E-state index in [9.17, 15) is 14.7 Å². The number of nitrogens with one attached hydrogen (secondary N) is 2. The summed E-state index contributed by atoms with van der Waals surface area (Å²) in [7, 11) is 0. The van der Waals surface area contributed by atoms with Gasteiger partial charge < -0.3 is 10.4 Å². The first kappa shape index (κ1) is 13.4. The Kier molecular flexibility index (Phi) is 4.31. The number of rotatable bonds is 1. The standard InChI is InChI=1S/C8H10BrN3O3.ClH/c9-4-3-12(8(15)11-7(4)14)5-1-10-2-6(5)13;/h3,5-6,10,13H,1-2H2,(H,11,14,15);1H/t5-,6-;/m0./s1. The Balaban J connectivity index is 0.00000128. The van der Waals surface area contributed by atoms with E-state index in [1.807, 2.05) is 0 Å². The normalized spacial score (nSPS) is 24.1. The van der Waals surface area contributed by atoms with Crippen LogP contribution in [-0.4, -0.2) is 33.9 Å². The van der Waals surface area contributed by atoms with Gasteiger partial charge in [0.05, 0.1) is 16.6 Å². The van der Waals surface area contributed by atoms with Crippen molar-refractivity contribution < 1.29 is 5.11 Å². The number of aliphatic hydroxyl groups excluding tert-OH is 1. The fourth-order valence-electron chi connectivity index (χ4n) is 1.64. The van der Waals surface area contributed by atoms with Gasteiger partial charge in [-0.2, -0.15) is 0 Å². The monoisotopic (exact) mass is 311 g/mol. The molecular weight excluding hydrogens is 301 g/mol. The van der Waals surface area contributed by atoms with Crippen LogP contribution in [0.2, 0.25) is 0 Å². The molecule has 2 rings (SSSR count). The lowest BCUT2D eigenvalue weighted by Gasteiger charge is -2.16. The van der Waals surface area contributed by atoms with Crippen LogP contribution in [0, 0.1) is 0 Å². The molecule has 6 nitrogen and oxygen atoms in total. The molecule has 0 saturated carbocycles. The number of hydrogen-bond donors (Lipinski definition) is 3. The molecule has 1 aromatic heterocycles. The van der Waals surface area contributed by atoms with Crippen LogP contribution in [0.5, 0.6) is 0 Å². The van der Waals surface area contributed by atoms with Crippen molar-refractivity contribution in [2.24, 2.45) is 0 Å². The zero-order chi connectivity index (χ0) is 11.0. The quantitative estimate of drug-likeness (QED) is 0.635. The number of nitrogens with zero attached hydrogens (tertiary/aromatic N) is 1. The van der Waals surface area contributed by atoms with E-state index in [2.05, 4.69) is 26.2 Å². The molecule has 2 atom stereocenters. The number of aliphatic hydroxyl groups is 1. The molecule has 0 spiro atoms. The highest BCUT2D eigenvalue weighted by atomic mass is 79.9. The van der Waals surface area contributed by atoms with Gasteiger partial charge in [-0.05, 0) is 15.9 Å². The molecule has 0 bridgehead atoms. The van der Waals surface area contributed by atoms with Crippen molar-refractivity contribution in [3.63, 3.8) is 0 Å². The summed E-state index contributed by atoms with van der Waals surface area (Å²) < 4.78 is 1.61. The summed E-state index contributed by atoms with van der Waals surface area (Å²) >= 11 is 3.04. The summed E-state index contributed by atoms with van der Waals surface area (Å²) in [6, 6.07) is -0.328. The van der Waals surface area contributed by atoms with Crippen molar-refractivity contribution in [3.05, 3.63) is 31.5 Å². The minimum Gasteiger partial charge on any atom is -0.390 e. The molecule has 1 aliphatic heterocycles. The molecule has 0 aromatic carbocycles. The summed E-state index contributed by atoms with van der Waals surface area (Å²) in [5, 5.41) is 12.6. The third kappa shape index (κ3) is 2.37. The predicted molar refractivity (Wildman–Crippen MR) is 64.2 cm³/mol. The molecule has 16 heavy (non-hydrogen) atoms. The highest BCUT2D eigenvalue weighted by molar-refractivity contribution is 9.10. The number of H-pyrrole nitrogens is 1. The van der Waals surface area contributed by atoms with E-state index in [4.69, 9.17) is 0 Å². The first-order valence-electron chi connectivity index (χ1n) is 4.49. The van der Waals surface area contributed by atoms with Gasteiger partial charge in [0, 0.05) is 19.3 Å². The smallest absolute Gasteiger partial charge is 0.328 e. The largest absolute Gasteiger partial charge is 0.390 e. The van der Waals surface area contributed by atoms with E-state index < -0.39 is 17.4 Å². The van der Waals surface area contributed by atoms with Crippen LogP contribution in [0.4, 0.5) is 0 Å². The Morgan fingerprint density at radius 1 is 1.44 bits per heavy atom. The summed E-state index contributed by atoms with van der Waals surface area (Å²) in [6.07, 6.45) is 0.794. The molecule has 8 heteroatoms. The first-order chi connectivity index (χ1) is 7.09. The van der Waals surface area contributed by atoms with E-state index >= 15 is 0 Å². The topological polar surface area (TPSA) is 87.1 Å². The van der Waals surface area contributed by atoms with Gasteiger partial charge in [0.25, 0.3) is 5.56 Å². The van der Waals surface area contributed by atoms with Gasteiger partial charge in [-0.1, -0.05) is 0 Å². The maximum absolute atomic E-state index is 11.5. The van der Waals surface area contributed by atoms with Crippen LogP contribution in [0.15, 0.2) is 20.3 Å². The second-order valence-electron chi connectivity index (χ2n) is 3.44. The number of aromatic nitrogens is 2. The summed E-state index contributed by atoms with van der Waals surface area (Å²) in [5.41, 5.74) is -0.965. The molecule has 90 valence electrons. The molecule has 2 heterocycles. The van der Waals surface area contributed by atoms with E-state index in [0.29, 0.717) is 13.1 Å². The fraction of sp³-hybridized carbons (Fsp3) is 0.500. The zero-order valence-corrected chi connectivity index (χ0v) is 10.5. The third-order valence-corrected chi connectivity index (χ3v) is 3.00. The van der Waals surface area contributed by atoms with Crippen molar-refractivity contribution in [2.75, 3.05) is 13.1 Å². The van der Waals surface area contributed by atoms with Gasteiger partial charge in [-0.15, -0.1) is 12.4 Å². The highest BCUT2D eigenvalue weighted by Gasteiger charge is 2.27. The van der Waals surface area contributed by atoms with E-state index in [1.165, 1.54) is 10.8 Å². The van der Waals surface area contributed by atoms with Crippen molar-refractivity contribution in [1.29, 1.82) is 0 Å². The van der Waals surface area contributed by atoms with Crippen LogP contribution < -0.4 is 16.6 Å². The average molecular weight is 313 g/mol. The molecule has 1 aliphatic rings. The van der Waals surface area contributed by atoms with Crippen LogP contribution in [-0.2, 0) is 0 Å². The fourth-order valence-corrected chi connectivity index (χ4v) is 1.96. The second-order valence-corrected chi connectivity index (χ2v) is 4.29. The molecular formula is C8H11BrClN3O3. The highest BCUT2D eigenvalue weighted by Crippen LogP contribution is 2.14. The van der Waals surface area contributed by atoms with Crippen LogP contribution in [0.3, 0.4) is 0 Å². The van der Waals surface area contributed by atoms with Crippen LogP contribution >= 0.6 is 28.3 Å². The van der Waals surface area contributed by atoms with Crippen LogP contribution in [0.1, 0.15) is 6.04 Å². The third-order valence-electron chi connectivity index (χ3n) is 2.43. The second kappa shape index (κ2) is 5.13. The van der Waals surface area contributed by atoms with Gasteiger partial charge in [0.1, 0.15) is 0 Å². The molecule has 1 fully saturated rings. The Morgan fingerprint density at radius 3 is 2.69 bits per heavy atom. The number of hydrogen-bond acceptors (Lipinski definition) is 4. The molecule has 3 N–H and O–H groups in total. The van der Waals surface area contributed by atoms with E-state index in [-0.39, 0.29) is 22.9 Å². The van der Waals surface area contributed by atoms with Crippen molar-refractivity contribution >= 4 is 28.3 Å². The van der Waals surface area contributed by atoms with Crippen molar-refractivity contribution in [3.8, 4) is 0 Å². The molecule has 1 aromatic rings. The summed E-state index contributed by atoms with van der Waals surface area (Å²) in [5.74, 6) is 0. The Hall–Kier alpha value is -0.630. The first-order valence-corrected chi connectivity index (χ1v) is 5.28. The van der Waals surface area contributed by atoms with Gasteiger partial charge in [0.2, 0.25) is 0 Å². The zero-order valence-electron chi connectivity index (χ0n) is 8.14. The lowest BCUT2D eigenvalue weighted by atomic mass is 10.2. The summed E-state index contributed by atoms with van der Waals surface area (Å²) in [4.78, 5) is 24.7. The molecule has 1 saturated heterocycles. The predicted octanol–water partition coefficient (Wildman–Crippen LogP) is -0.774. The number of halogens is 2. The number of β-amino-alcohol motifs (C(OH)–C–C–N with tert-alkyl or cyclic N) is 1. The van der Waals surface area contributed by atoms with Crippen LogP contribution in [0.25, 0.3) is 0 Å². The average Bonchev–Trinajstić information content (AvgIpc) is 2.58. The molecule has 0 aliphatic carbocycles. The van der Waals surface area contributed by atoms with Gasteiger partial charge in [-0.3, -0.25) is 14.3 Å². The molecule has 0 amide bonds. The maximum Gasteiger partial charge on any atom is 0.328 e. The maximum atomic E-state index is 11.5. The SMILES string of the molecule is Cl.O=c1[nH]c(=O)n([C@H]2CNC[C@@H]2O)cc1Br. The molecule has 0 unspecified atom stereocenters. The summed E-state index contributed by atoms with van der Waals surface area (Å²) in [6.45, 7) is 0.966. The lowest BCUT2D eigenvalue weighted by Crippen LogP contribution is -2.36. The van der Waals surface area contributed by atoms with Crippen molar-refractivity contribution in [1.82, 2.24) is 14.9 Å². The van der Waals surface area contributed by atoms with E-state index in [1.54, 1.807) is 0 Å². The Bertz CT molecular complexity index is 486. The minimum absolute atomic E-state index is 0. The minimum atomic E-state index is -0.611. The van der Waals surface area contributed by atoms with Gasteiger partial charge >= 0.3 is 5.69 Å². The molecule has 0 radical (unpaired) electrons. The van der Waals surface area contributed by atoms with Gasteiger partial charge in [0.15, 0.2) is 0 Å². The Morgan fingerprint density at radius 2 is 2.12 bits per heavy atom. The Labute approximate surface area is 105 Å². The van der Waals surface area contributed by atoms with E-state index in [0.717, 1.165) is 0 Å². The number of aromatic amines is 1. The lowest BCUT2D eigenvalue weighted by molar-refractivity contribution is 0.148. The van der Waals surface area contributed by atoms with Crippen molar-refractivity contribution in [2.45, 2.75) is 12.1 Å². The van der Waals surface area contributed by atoms with Gasteiger partial charge in [-0.25, -0.2) is 4.79 Å².